The van der Waals surface area contributed by atoms with Crippen LogP contribution in [0.5, 0.6) is 0 Å². The van der Waals surface area contributed by atoms with Gasteiger partial charge in [-0.25, -0.2) is 0 Å². The van der Waals surface area contributed by atoms with Crippen molar-refractivity contribution in [1.29, 1.82) is 0 Å². The third-order valence-electron chi connectivity index (χ3n) is 3.41. The lowest BCUT2D eigenvalue weighted by atomic mass is 9.78. The molecular weight excluding hydrogens is 224 g/mol. The maximum absolute atomic E-state index is 11.7. The van der Waals surface area contributed by atoms with E-state index in [9.17, 15) is 19.8 Å². The largest absolute Gasteiger partial charge is 0.480 e. The van der Waals surface area contributed by atoms with Crippen LogP contribution in [0.25, 0.3) is 0 Å². The summed E-state index contributed by atoms with van der Waals surface area (Å²) < 4.78 is 4.79. The number of carboxylic acid groups (broad SMARTS) is 1. The zero-order chi connectivity index (χ0) is 13.1. The van der Waals surface area contributed by atoms with Crippen molar-refractivity contribution in [3.05, 3.63) is 0 Å². The van der Waals surface area contributed by atoms with Gasteiger partial charge in [-0.1, -0.05) is 12.8 Å². The number of rotatable bonds is 5. The van der Waals surface area contributed by atoms with Gasteiger partial charge in [0.25, 0.3) is 0 Å². The van der Waals surface area contributed by atoms with Crippen molar-refractivity contribution in [1.82, 2.24) is 0 Å². The van der Waals surface area contributed by atoms with Crippen molar-refractivity contribution in [2.24, 2.45) is 5.41 Å². The highest BCUT2D eigenvalue weighted by atomic mass is 16.5. The molecular formula is C12H20O5. The van der Waals surface area contributed by atoms with E-state index in [4.69, 9.17) is 4.74 Å². The highest BCUT2D eigenvalue weighted by Crippen LogP contribution is 2.40. The maximum Gasteiger partial charge on any atom is 0.323 e. The third kappa shape index (κ3) is 2.97. The zero-order valence-electron chi connectivity index (χ0n) is 10.4. The summed E-state index contributed by atoms with van der Waals surface area (Å²) in [7, 11) is 0. The molecule has 2 N–H and O–H groups in total. The van der Waals surface area contributed by atoms with Crippen LogP contribution < -0.4 is 0 Å². The quantitative estimate of drug-likeness (QED) is 0.563. The summed E-state index contributed by atoms with van der Waals surface area (Å²) in [5.74, 6) is -2.01. The van der Waals surface area contributed by atoms with Crippen molar-refractivity contribution < 1.29 is 24.5 Å². The lowest BCUT2D eigenvalue weighted by Gasteiger charge is -2.31. The molecule has 0 bridgehead atoms. The van der Waals surface area contributed by atoms with Gasteiger partial charge < -0.3 is 14.9 Å². The van der Waals surface area contributed by atoms with E-state index in [0.717, 1.165) is 12.8 Å². The fourth-order valence-corrected chi connectivity index (χ4v) is 2.39. The number of ether oxygens (including phenoxy) is 1. The molecule has 0 aliphatic heterocycles. The summed E-state index contributed by atoms with van der Waals surface area (Å²) in [5.41, 5.74) is -2.70. The van der Waals surface area contributed by atoms with Crippen molar-refractivity contribution in [3.8, 4) is 0 Å². The molecule has 1 unspecified atom stereocenters. The summed E-state index contributed by atoms with van der Waals surface area (Å²) in [6.07, 6.45) is 2.77. The van der Waals surface area contributed by atoms with Crippen LogP contribution in [0.15, 0.2) is 0 Å². The third-order valence-corrected chi connectivity index (χ3v) is 3.41. The summed E-state index contributed by atoms with van der Waals surface area (Å²) in [6.45, 7) is 3.09. The van der Waals surface area contributed by atoms with Gasteiger partial charge in [-0.05, 0) is 26.7 Å². The van der Waals surface area contributed by atoms with E-state index in [2.05, 4.69) is 0 Å². The van der Waals surface area contributed by atoms with Crippen LogP contribution in [-0.2, 0) is 14.3 Å². The molecule has 0 spiro atoms. The van der Waals surface area contributed by atoms with E-state index in [1.54, 1.807) is 6.92 Å². The van der Waals surface area contributed by atoms with E-state index in [1.165, 1.54) is 6.92 Å². The molecule has 1 aliphatic rings. The fraction of sp³-hybridized carbons (Fsp3) is 0.833. The van der Waals surface area contributed by atoms with Gasteiger partial charge in [0, 0.05) is 6.42 Å². The Hall–Kier alpha value is -1.10. The Morgan fingerprint density at radius 1 is 1.35 bits per heavy atom. The molecule has 1 rings (SSSR count). The van der Waals surface area contributed by atoms with Gasteiger partial charge in [-0.15, -0.1) is 0 Å². The first-order valence-electron chi connectivity index (χ1n) is 5.97. The number of carboxylic acids is 1. The van der Waals surface area contributed by atoms with Gasteiger partial charge >= 0.3 is 11.9 Å². The number of aliphatic hydroxyl groups is 1. The Morgan fingerprint density at radius 2 is 1.88 bits per heavy atom. The summed E-state index contributed by atoms with van der Waals surface area (Å²) in [4.78, 5) is 23.0. The average molecular weight is 244 g/mol. The standard InChI is InChI=1S/C12H20O5/c1-3-17-10(15)11(2,9(13)14)8-12(16)6-4-5-7-12/h16H,3-8H2,1-2H3,(H,13,14). The predicted molar refractivity (Wildman–Crippen MR) is 60.4 cm³/mol. The number of aliphatic carboxylic acids is 1. The molecule has 17 heavy (non-hydrogen) atoms. The smallest absolute Gasteiger partial charge is 0.323 e. The molecule has 5 nitrogen and oxygen atoms in total. The summed E-state index contributed by atoms with van der Waals surface area (Å²) >= 11 is 0. The Labute approximate surface area is 101 Å². The summed E-state index contributed by atoms with van der Waals surface area (Å²) in [5, 5.41) is 19.4. The lowest BCUT2D eigenvalue weighted by Crippen LogP contribution is -2.44. The van der Waals surface area contributed by atoms with Gasteiger partial charge in [0.15, 0.2) is 5.41 Å². The molecule has 0 aromatic carbocycles. The molecule has 1 atom stereocenters. The maximum atomic E-state index is 11.7. The minimum absolute atomic E-state index is 0.0752. The highest BCUT2D eigenvalue weighted by Gasteiger charge is 2.49. The second-order valence-corrected chi connectivity index (χ2v) is 4.97. The van der Waals surface area contributed by atoms with Crippen molar-refractivity contribution in [2.45, 2.75) is 51.6 Å². The number of hydrogen-bond acceptors (Lipinski definition) is 4. The van der Waals surface area contributed by atoms with Crippen LogP contribution in [0.1, 0.15) is 46.0 Å². The lowest BCUT2D eigenvalue weighted by molar-refractivity contribution is -0.172. The molecule has 0 saturated heterocycles. The van der Waals surface area contributed by atoms with E-state index >= 15 is 0 Å². The molecule has 1 fully saturated rings. The molecule has 5 heteroatoms. The number of carbonyl (C=O) groups excluding carboxylic acids is 1. The molecule has 98 valence electrons. The number of hydrogen-bond donors (Lipinski definition) is 2. The van der Waals surface area contributed by atoms with Crippen molar-refractivity contribution in [2.75, 3.05) is 6.61 Å². The van der Waals surface area contributed by atoms with E-state index in [0.29, 0.717) is 12.8 Å². The van der Waals surface area contributed by atoms with E-state index < -0.39 is 23.0 Å². The molecule has 0 heterocycles. The Balaban J connectivity index is 2.84. The van der Waals surface area contributed by atoms with Gasteiger partial charge in [0.05, 0.1) is 12.2 Å². The molecule has 1 aliphatic carbocycles. The molecule has 0 amide bonds. The van der Waals surface area contributed by atoms with Crippen LogP contribution >= 0.6 is 0 Å². The van der Waals surface area contributed by atoms with E-state index in [-0.39, 0.29) is 13.0 Å². The summed E-state index contributed by atoms with van der Waals surface area (Å²) in [6, 6.07) is 0. The molecule has 1 saturated carbocycles. The van der Waals surface area contributed by atoms with Gasteiger partial charge in [-0.3, -0.25) is 9.59 Å². The van der Waals surface area contributed by atoms with Crippen molar-refractivity contribution >= 4 is 11.9 Å². The fourth-order valence-electron chi connectivity index (χ4n) is 2.39. The SMILES string of the molecule is CCOC(=O)C(C)(CC1(O)CCCC1)C(=O)O. The highest BCUT2D eigenvalue weighted by molar-refractivity contribution is 5.98. The van der Waals surface area contributed by atoms with Crippen molar-refractivity contribution in [3.63, 3.8) is 0 Å². The Kier molecular flexibility index (Phi) is 4.14. The van der Waals surface area contributed by atoms with E-state index in [1.807, 2.05) is 0 Å². The van der Waals surface area contributed by atoms with Crippen LogP contribution in [0, 0.1) is 5.41 Å². The first-order valence-corrected chi connectivity index (χ1v) is 5.97. The molecule has 0 aromatic rings. The van der Waals surface area contributed by atoms with Crippen LogP contribution in [-0.4, -0.2) is 34.4 Å². The zero-order valence-corrected chi connectivity index (χ0v) is 10.4. The van der Waals surface area contributed by atoms with Gasteiger partial charge in [0.1, 0.15) is 0 Å². The molecule has 0 aromatic heterocycles. The number of carbonyl (C=O) groups is 2. The Morgan fingerprint density at radius 3 is 2.29 bits per heavy atom. The first-order chi connectivity index (χ1) is 7.84. The topological polar surface area (TPSA) is 83.8 Å². The minimum Gasteiger partial charge on any atom is -0.480 e. The minimum atomic E-state index is -1.66. The second-order valence-electron chi connectivity index (χ2n) is 4.97. The van der Waals surface area contributed by atoms with Gasteiger partial charge in [0.2, 0.25) is 0 Å². The Bertz CT molecular complexity index is 306. The second kappa shape index (κ2) is 5.04. The van der Waals surface area contributed by atoms with Crippen LogP contribution in [0.3, 0.4) is 0 Å². The average Bonchev–Trinajstić information content (AvgIpc) is 2.64. The van der Waals surface area contributed by atoms with Crippen LogP contribution in [0.2, 0.25) is 0 Å². The predicted octanol–water partition coefficient (Wildman–Crippen LogP) is 1.34. The normalized spacial score (nSPS) is 21.8. The number of esters is 1. The first kappa shape index (κ1) is 14.0. The molecule has 0 radical (unpaired) electrons. The van der Waals surface area contributed by atoms with Crippen LogP contribution in [0.4, 0.5) is 0 Å². The van der Waals surface area contributed by atoms with Gasteiger partial charge in [-0.2, -0.15) is 0 Å². The monoisotopic (exact) mass is 244 g/mol.